The van der Waals surface area contributed by atoms with E-state index in [0.29, 0.717) is 24.1 Å². The summed E-state index contributed by atoms with van der Waals surface area (Å²) in [6.07, 6.45) is 6.37. The van der Waals surface area contributed by atoms with E-state index in [9.17, 15) is 4.79 Å². The van der Waals surface area contributed by atoms with E-state index in [4.69, 9.17) is 31.3 Å². The van der Waals surface area contributed by atoms with Crippen molar-refractivity contribution in [2.75, 3.05) is 7.11 Å². The lowest BCUT2D eigenvalue weighted by Gasteiger charge is -2.24. The second-order valence-corrected chi connectivity index (χ2v) is 10.4. The number of aliphatic carboxylic acids is 1. The van der Waals surface area contributed by atoms with Crippen molar-refractivity contribution in [3.63, 3.8) is 0 Å². The molecule has 5 rings (SSSR count). The van der Waals surface area contributed by atoms with E-state index in [-0.39, 0.29) is 6.42 Å². The first-order valence-corrected chi connectivity index (χ1v) is 13.8. The summed E-state index contributed by atoms with van der Waals surface area (Å²) in [6.45, 7) is 0.383. The molecule has 0 amide bonds. The molecule has 0 unspecified atom stereocenters. The van der Waals surface area contributed by atoms with Crippen LogP contribution in [0.2, 0.25) is 5.02 Å². The number of carbonyl (C=O) groups is 1. The van der Waals surface area contributed by atoms with E-state index in [0.717, 1.165) is 58.0 Å². The second kappa shape index (κ2) is 12.4. The highest BCUT2D eigenvalue weighted by molar-refractivity contribution is 6.30. The van der Waals surface area contributed by atoms with E-state index >= 15 is 0 Å². The van der Waals surface area contributed by atoms with Gasteiger partial charge in [-0.1, -0.05) is 49.1 Å². The van der Waals surface area contributed by atoms with Crippen LogP contribution in [0.5, 0.6) is 11.5 Å². The molecule has 202 valence electrons. The molecule has 0 bridgehead atoms. The fraction of sp³-hybridized carbons (Fsp3) is 0.312. The van der Waals surface area contributed by atoms with Crippen LogP contribution in [0.25, 0.3) is 22.4 Å². The van der Waals surface area contributed by atoms with Gasteiger partial charge >= 0.3 is 5.97 Å². The molecule has 1 aliphatic carbocycles. The Kier molecular flexibility index (Phi) is 8.52. The molecule has 1 aromatic heterocycles. The van der Waals surface area contributed by atoms with Crippen molar-refractivity contribution in [2.45, 2.75) is 57.6 Å². The molecule has 0 atom stereocenters. The fourth-order valence-electron chi connectivity index (χ4n) is 5.23. The van der Waals surface area contributed by atoms with Crippen molar-refractivity contribution in [3.8, 4) is 33.9 Å². The largest absolute Gasteiger partial charge is 0.497 e. The zero-order valence-corrected chi connectivity index (χ0v) is 22.9. The fourth-order valence-corrected chi connectivity index (χ4v) is 5.36. The van der Waals surface area contributed by atoms with Crippen LogP contribution < -0.4 is 9.47 Å². The average Bonchev–Trinajstić information content (AvgIpc) is 3.40. The maximum atomic E-state index is 11.1. The number of aryl methyl sites for hydroxylation is 1. The Morgan fingerprint density at radius 1 is 0.949 bits per heavy atom. The molecule has 1 saturated carbocycles. The van der Waals surface area contributed by atoms with Gasteiger partial charge < -0.3 is 14.6 Å². The van der Waals surface area contributed by atoms with Gasteiger partial charge in [-0.05, 0) is 78.6 Å². The Hall–Kier alpha value is -3.77. The first-order chi connectivity index (χ1) is 19.0. The molecule has 0 radical (unpaired) electrons. The molecule has 1 fully saturated rings. The number of hydrogen-bond acceptors (Lipinski definition) is 4. The lowest BCUT2D eigenvalue weighted by atomic mass is 9.95. The number of carboxylic acids is 1. The molecule has 0 saturated heterocycles. The van der Waals surface area contributed by atoms with Crippen molar-refractivity contribution in [2.24, 2.45) is 0 Å². The van der Waals surface area contributed by atoms with Crippen molar-refractivity contribution in [1.29, 1.82) is 0 Å². The minimum absolute atomic E-state index is 0.0795. The van der Waals surface area contributed by atoms with E-state index < -0.39 is 5.97 Å². The van der Waals surface area contributed by atoms with Gasteiger partial charge in [-0.25, -0.2) is 0 Å². The minimum Gasteiger partial charge on any atom is -0.497 e. The number of halogens is 1. The third kappa shape index (κ3) is 6.63. The van der Waals surface area contributed by atoms with Gasteiger partial charge in [0.15, 0.2) is 0 Å². The minimum atomic E-state index is -0.805. The van der Waals surface area contributed by atoms with Crippen LogP contribution >= 0.6 is 11.6 Å². The predicted molar refractivity (Wildman–Crippen MR) is 154 cm³/mol. The standard InChI is InChI=1S/C32H33ClN2O4/c1-38-29-16-17-30(22-7-11-25(33)12-8-22)24(19-29)21-39-28-14-9-23(10-15-28)31-20-26(13-18-32(36)37)34-35(31)27-5-3-2-4-6-27/h7-12,14-17,19-20,27H,2-6,13,18,21H2,1H3,(H,36,37). The van der Waals surface area contributed by atoms with Gasteiger partial charge in [0.2, 0.25) is 0 Å². The summed E-state index contributed by atoms with van der Waals surface area (Å²) in [4.78, 5) is 11.1. The van der Waals surface area contributed by atoms with Crippen LogP contribution in [0.1, 0.15) is 55.8 Å². The molecule has 1 heterocycles. The number of hydrogen-bond donors (Lipinski definition) is 1. The maximum absolute atomic E-state index is 11.1. The summed E-state index contributed by atoms with van der Waals surface area (Å²) in [5.74, 6) is 0.732. The number of aromatic nitrogens is 2. The Morgan fingerprint density at radius 3 is 2.33 bits per heavy atom. The highest BCUT2D eigenvalue weighted by atomic mass is 35.5. The SMILES string of the molecule is COc1ccc(-c2ccc(Cl)cc2)c(COc2ccc(-c3cc(CCC(=O)O)nn3C3CCCCC3)cc2)c1. The highest BCUT2D eigenvalue weighted by Gasteiger charge is 2.21. The van der Waals surface area contributed by atoms with E-state index in [1.807, 2.05) is 60.7 Å². The quantitative estimate of drug-likeness (QED) is 0.219. The number of methoxy groups -OCH3 is 1. The molecule has 39 heavy (non-hydrogen) atoms. The molecule has 1 aliphatic rings. The van der Waals surface area contributed by atoms with E-state index in [1.165, 1.54) is 19.3 Å². The Morgan fingerprint density at radius 2 is 1.64 bits per heavy atom. The van der Waals surface area contributed by atoms with Crippen molar-refractivity contribution >= 4 is 17.6 Å². The topological polar surface area (TPSA) is 73.6 Å². The number of ether oxygens (including phenoxy) is 2. The molecule has 4 aromatic rings. The molecule has 6 nitrogen and oxygen atoms in total. The average molecular weight is 545 g/mol. The van der Waals surface area contributed by atoms with Crippen LogP contribution in [0.3, 0.4) is 0 Å². The Balaban J connectivity index is 1.36. The molecular weight excluding hydrogens is 512 g/mol. The van der Waals surface area contributed by atoms with Gasteiger partial charge in [0.05, 0.1) is 31.0 Å². The van der Waals surface area contributed by atoms with Gasteiger partial charge in [0, 0.05) is 22.6 Å². The number of rotatable bonds is 10. The second-order valence-electron chi connectivity index (χ2n) is 9.99. The first-order valence-electron chi connectivity index (χ1n) is 13.5. The summed E-state index contributed by atoms with van der Waals surface area (Å²) in [5, 5.41) is 14.7. The molecule has 1 N–H and O–H groups in total. The zero-order chi connectivity index (χ0) is 27.2. The molecule has 7 heteroatoms. The third-order valence-electron chi connectivity index (χ3n) is 7.31. The monoisotopic (exact) mass is 544 g/mol. The lowest BCUT2D eigenvalue weighted by molar-refractivity contribution is -0.136. The highest BCUT2D eigenvalue weighted by Crippen LogP contribution is 2.34. The van der Waals surface area contributed by atoms with E-state index in [1.54, 1.807) is 7.11 Å². The molecule has 0 spiro atoms. The predicted octanol–water partition coefficient (Wildman–Crippen LogP) is 7.98. The summed E-state index contributed by atoms with van der Waals surface area (Å²) < 4.78 is 13.8. The van der Waals surface area contributed by atoms with Crippen molar-refractivity contribution in [3.05, 3.63) is 89.1 Å². The summed E-state index contributed by atoms with van der Waals surface area (Å²) in [6, 6.07) is 24.2. The van der Waals surface area contributed by atoms with Gasteiger partial charge in [-0.2, -0.15) is 5.10 Å². The van der Waals surface area contributed by atoms with Gasteiger partial charge in [-0.15, -0.1) is 0 Å². The van der Waals surface area contributed by atoms with E-state index in [2.05, 4.69) is 16.8 Å². The van der Waals surface area contributed by atoms with Crippen molar-refractivity contribution in [1.82, 2.24) is 9.78 Å². The third-order valence-corrected chi connectivity index (χ3v) is 7.57. The van der Waals surface area contributed by atoms with Crippen LogP contribution in [-0.2, 0) is 17.8 Å². The maximum Gasteiger partial charge on any atom is 0.303 e. The normalized spacial score (nSPS) is 13.8. The van der Waals surface area contributed by atoms with Crippen LogP contribution in [0.4, 0.5) is 0 Å². The van der Waals surface area contributed by atoms with Crippen LogP contribution in [-0.4, -0.2) is 28.0 Å². The summed E-state index contributed by atoms with van der Waals surface area (Å²) in [7, 11) is 1.66. The van der Waals surface area contributed by atoms with Crippen LogP contribution in [0, 0.1) is 0 Å². The Labute approximate surface area is 234 Å². The molecular formula is C32H33ClN2O4. The van der Waals surface area contributed by atoms with Crippen molar-refractivity contribution < 1.29 is 19.4 Å². The van der Waals surface area contributed by atoms with Gasteiger partial charge in [0.25, 0.3) is 0 Å². The van der Waals surface area contributed by atoms with Crippen LogP contribution in [0.15, 0.2) is 72.8 Å². The number of benzene rings is 3. The smallest absolute Gasteiger partial charge is 0.303 e. The lowest BCUT2D eigenvalue weighted by Crippen LogP contribution is -2.15. The Bertz CT molecular complexity index is 1410. The summed E-state index contributed by atoms with van der Waals surface area (Å²) >= 11 is 6.09. The number of carboxylic acid groups (broad SMARTS) is 1. The van der Waals surface area contributed by atoms with Gasteiger partial charge in [0.1, 0.15) is 18.1 Å². The molecule has 0 aliphatic heterocycles. The first kappa shape index (κ1) is 26.8. The summed E-state index contributed by atoms with van der Waals surface area (Å²) in [5.41, 5.74) is 6.04. The number of nitrogens with zero attached hydrogens (tertiary/aromatic N) is 2. The zero-order valence-electron chi connectivity index (χ0n) is 22.1. The molecule has 3 aromatic carbocycles. The van der Waals surface area contributed by atoms with Gasteiger partial charge in [-0.3, -0.25) is 9.48 Å².